The van der Waals surface area contributed by atoms with Crippen LogP contribution in [0.1, 0.15) is 37.0 Å². The van der Waals surface area contributed by atoms with Gasteiger partial charge in [0.05, 0.1) is 0 Å². The van der Waals surface area contributed by atoms with E-state index in [1.807, 2.05) is 26.1 Å². The van der Waals surface area contributed by atoms with Crippen LogP contribution in [0.5, 0.6) is 0 Å². The summed E-state index contributed by atoms with van der Waals surface area (Å²) in [6.07, 6.45) is 7.03. The summed E-state index contributed by atoms with van der Waals surface area (Å²) in [4.78, 5) is 4.33. The minimum absolute atomic E-state index is 0.827. The molecule has 2 heteroatoms. The van der Waals surface area contributed by atoms with Crippen LogP contribution in [0.25, 0.3) is 6.08 Å². The molecule has 16 heavy (non-hydrogen) atoms. The van der Waals surface area contributed by atoms with Crippen LogP contribution >= 0.6 is 0 Å². The number of allylic oxidation sites excluding steroid dienone is 1. The van der Waals surface area contributed by atoms with Gasteiger partial charge in [0.1, 0.15) is 0 Å². The number of benzene rings is 1. The summed E-state index contributed by atoms with van der Waals surface area (Å²) in [7, 11) is 0. The van der Waals surface area contributed by atoms with Gasteiger partial charge in [0.25, 0.3) is 0 Å². The lowest BCUT2D eigenvalue weighted by Gasteiger charge is -2.06. The zero-order valence-corrected chi connectivity index (χ0v) is 10.3. The zero-order chi connectivity index (χ0) is 12.0. The Morgan fingerprint density at radius 2 is 2.12 bits per heavy atom. The van der Waals surface area contributed by atoms with Crippen molar-refractivity contribution in [2.24, 2.45) is 4.99 Å². The van der Waals surface area contributed by atoms with E-state index in [1.54, 1.807) is 0 Å². The van der Waals surface area contributed by atoms with Crippen LogP contribution in [-0.2, 0) is 0 Å². The van der Waals surface area contributed by atoms with Crippen molar-refractivity contribution in [2.45, 2.75) is 27.2 Å². The Labute approximate surface area is 97.9 Å². The Morgan fingerprint density at radius 1 is 1.38 bits per heavy atom. The van der Waals surface area contributed by atoms with Crippen molar-refractivity contribution < 1.29 is 0 Å². The monoisotopic (exact) mass is 216 g/mol. The number of aryl methyl sites for hydroxylation is 1. The third-order valence-electron chi connectivity index (χ3n) is 2.38. The minimum Gasteiger partial charge on any atom is -0.398 e. The van der Waals surface area contributed by atoms with Gasteiger partial charge in [-0.05, 0) is 43.5 Å². The van der Waals surface area contributed by atoms with E-state index in [0.29, 0.717) is 0 Å². The predicted octanol–water partition coefficient (Wildman–Crippen LogP) is 3.44. The molecule has 0 atom stereocenters. The molecule has 1 aromatic carbocycles. The molecule has 0 bridgehead atoms. The van der Waals surface area contributed by atoms with Crippen molar-refractivity contribution in [1.29, 1.82) is 0 Å². The van der Waals surface area contributed by atoms with E-state index in [0.717, 1.165) is 29.8 Å². The minimum atomic E-state index is 0.827. The third-order valence-corrected chi connectivity index (χ3v) is 2.38. The Bertz CT molecular complexity index is 403. The van der Waals surface area contributed by atoms with Gasteiger partial charge in [-0.15, -0.1) is 0 Å². The molecule has 2 N–H and O–H groups in total. The molecule has 0 aliphatic heterocycles. The number of nitrogens with zero attached hydrogens (tertiary/aromatic N) is 1. The van der Waals surface area contributed by atoms with Crippen LogP contribution in [0.4, 0.5) is 5.69 Å². The average molecular weight is 216 g/mol. The SMILES string of the molecule is CC=Cc1cc(C)c(N)c(C=NCCC)c1. The topological polar surface area (TPSA) is 38.4 Å². The van der Waals surface area contributed by atoms with Gasteiger partial charge in [0.2, 0.25) is 0 Å². The summed E-state index contributed by atoms with van der Waals surface area (Å²) in [6, 6.07) is 4.16. The molecule has 0 unspecified atom stereocenters. The highest BCUT2D eigenvalue weighted by Crippen LogP contribution is 2.19. The van der Waals surface area contributed by atoms with Gasteiger partial charge >= 0.3 is 0 Å². The molecule has 1 aromatic rings. The van der Waals surface area contributed by atoms with Crippen molar-refractivity contribution in [3.05, 3.63) is 34.9 Å². The molecule has 0 aliphatic carbocycles. The number of hydrogen-bond donors (Lipinski definition) is 1. The fourth-order valence-electron chi connectivity index (χ4n) is 1.54. The largest absolute Gasteiger partial charge is 0.398 e. The van der Waals surface area contributed by atoms with Crippen molar-refractivity contribution >= 4 is 18.0 Å². The maximum absolute atomic E-state index is 6.01. The van der Waals surface area contributed by atoms with E-state index in [2.05, 4.69) is 30.1 Å². The second kappa shape index (κ2) is 6.11. The van der Waals surface area contributed by atoms with Gasteiger partial charge in [0.15, 0.2) is 0 Å². The first-order valence-corrected chi connectivity index (χ1v) is 5.71. The standard InChI is InChI=1S/C14H20N2/c1-4-6-12-8-11(3)14(15)13(9-12)10-16-7-5-2/h4,6,8-10H,5,7,15H2,1-3H3. The van der Waals surface area contributed by atoms with E-state index in [-0.39, 0.29) is 0 Å². The highest BCUT2D eigenvalue weighted by atomic mass is 14.7. The number of rotatable bonds is 4. The molecule has 86 valence electrons. The second-order valence-corrected chi connectivity index (χ2v) is 3.88. The average Bonchev–Trinajstić information content (AvgIpc) is 2.25. The number of nitrogens with two attached hydrogens (primary N) is 1. The highest BCUT2D eigenvalue weighted by molar-refractivity contribution is 5.89. The van der Waals surface area contributed by atoms with Gasteiger partial charge in [-0.3, -0.25) is 4.99 Å². The van der Waals surface area contributed by atoms with Gasteiger partial charge in [-0.25, -0.2) is 0 Å². The fourth-order valence-corrected chi connectivity index (χ4v) is 1.54. The van der Waals surface area contributed by atoms with Crippen LogP contribution in [0, 0.1) is 6.92 Å². The molecule has 0 spiro atoms. The summed E-state index contributed by atoms with van der Waals surface area (Å²) in [5.74, 6) is 0. The fraction of sp³-hybridized carbons (Fsp3) is 0.357. The van der Waals surface area contributed by atoms with Crippen LogP contribution in [0.2, 0.25) is 0 Å². The zero-order valence-electron chi connectivity index (χ0n) is 10.3. The Balaban J connectivity index is 3.06. The van der Waals surface area contributed by atoms with Crippen LogP contribution in [0.3, 0.4) is 0 Å². The molecular formula is C14H20N2. The number of nitrogen functional groups attached to an aromatic ring is 1. The van der Waals surface area contributed by atoms with E-state index in [1.165, 1.54) is 5.56 Å². The highest BCUT2D eigenvalue weighted by Gasteiger charge is 2.01. The Morgan fingerprint density at radius 3 is 2.75 bits per heavy atom. The molecule has 0 radical (unpaired) electrons. The van der Waals surface area contributed by atoms with Crippen LogP contribution in [-0.4, -0.2) is 12.8 Å². The lowest BCUT2D eigenvalue weighted by atomic mass is 10.0. The molecule has 0 heterocycles. The summed E-state index contributed by atoms with van der Waals surface area (Å²) < 4.78 is 0. The number of anilines is 1. The Kier molecular flexibility index (Phi) is 4.77. The van der Waals surface area contributed by atoms with Gasteiger partial charge in [0, 0.05) is 24.0 Å². The maximum Gasteiger partial charge on any atom is 0.0433 e. The summed E-state index contributed by atoms with van der Waals surface area (Å²) >= 11 is 0. The summed E-state index contributed by atoms with van der Waals surface area (Å²) in [5.41, 5.74) is 10.1. The lowest BCUT2D eigenvalue weighted by molar-refractivity contribution is 0.937. The smallest absolute Gasteiger partial charge is 0.0433 e. The van der Waals surface area contributed by atoms with E-state index < -0.39 is 0 Å². The molecule has 0 aromatic heterocycles. The van der Waals surface area contributed by atoms with Gasteiger partial charge < -0.3 is 5.73 Å². The number of hydrogen-bond acceptors (Lipinski definition) is 2. The molecule has 0 fully saturated rings. The second-order valence-electron chi connectivity index (χ2n) is 3.88. The van der Waals surface area contributed by atoms with Crippen molar-refractivity contribution in [1.82, 2.24) is 0 Å². The van der Waals surface area contributed by atoms with Crippen molar-refractivity contribution in [3.63, 3.8) is 0 Å². The predicted molar refractivity (Wildman–Crippen MR) is 73.1 cm³/mol. The normalized spacial score (nSPS) is 11.7. The van der Waals surface area contributed by atoms with Crippen LogP contribution < -0.4 is 5.73 Å². The quantitative estimate of drug-likeness (QED) is 0.607. The van der Waals surface area contributed by atoms with Gasteiger partial charge in [-0.1, -0.05) is 19.1 Å². The molecule has 0 aliphatic rings. The molecule has 0 saturated heterocycles. The first-order valence-electron chi connectivity index (χ1n) is 5.71. The van der Waals surface area contributed by atoms with Crippen molar-refractivity contribution in [2.75, 3.05) is 12.3 Å². The first-order chi connectivity index (χ1) is 7.69. The Hall–Kier alpha value is -1.57. The first kappa shape index (κ1) is 12.5. The number of aliphatic imine (C=N–C) groups is 1. The lowest BCUT2D eigenvalue weighted by Crippen LogP contribution is -1.98. The molecule has 2 nitrogen and oxygen atoms in total. The molecule has 0 amide bonds. The third kappa shape index (κ3) is 3.23. The van der Waals surface area contributed by atoms with Gasteiger partial charge in [-0.2, -0.15) is 0 Å². The maximum atomic E-state index is 6.01. The van der Waals surface area contributed by atoms with E-state index in [4.69, 9.17) is 5.73 Å². The summed E-state index contributed by atoms with van der Waals surface area (Å²) in [6.45, 7) is 7.00. The van der Waals surface area contributed by atoms with Crippen molar-refractivity contribution in [3.8, 4) is 0 Å². The van der Waals surface area contributed by atoms with E-state index >= 15 is 0 Å². The molecule has 1 rings (SSSR count). The molecular weight excluding hydrogens is 196 g/mol. The molecule has 0 saturated carbocycles. The van der Waals surface area contributed by atoms with E-state index in [9.17, 15) is 0 Å². The summed E-state index contributed by atoms with van der Waals surface area (Å²) in [5, 5.41) is 0. The van der Waals surface area contributed by atoms with Crippen LogP contribution in [0.15, 0.2) is 23.2 Å².